The number of hydrogen-bond donors (Lipinski definition) is 2. The van der Waals surface area contributed by atoms with Crippen molar-refractivity contribution in [2.75, 3.05) is 0 Å². The van der Waals surface area contributed by atoms with Gasteiger partial charge in [-0.3, -0.25) is 14.9 Å². The van der Waals surface area contributed by atoms with E-state index in [1.807, 2.05) is 0 Å². The van der Waals surface area contributed by atoms with Gasteiger partial charge in [-0.25, -0.2) is 4.79 Å². The molecular formula is C10H6N2O6. The molecule has 0 aliphatic rings. The van der Waals surface area contributed by atoms with Gasteiger partial charge in [-0.1, -0.05) is 0 Å². The number of nitriles is 1. The number of carboxylic acid groups (broad SMARTS) is 1. The standard InChI is InChI=1S/C10H6N2O6/c11-3-5-2-8(12(17)18)7(1-6(5)4-13)9(14)10(15)16/h1-2,4,9,14H,(H,15,16). The molecule has 2 N–H and O–H groups in total. The van der Waals surface area contributed by atoms with Crippen LogP contribution in [0.15, 0.2) is 12.1 Å². The van der Waals surface area contributed by atoms with Crippen molar-refractivity contribution in [2.45, 2.75) is 6.10 Å². The number of carboxylic acids is 1. The highest BCUT2D eigenvalue weighted by Gasteiger charge is 2.27. The van der Waals surface area contributed by atoms with Gasteiger partial charge in [0, 0.05) is 11.6 Å². The fraction of sp³-hybridized carbons (Fsp3) is 0.100. The summed E-state index contributed by atoms with van der Waals surface area (Å²) in [5, 5.41) is 37.3. The molecule has 8 nitrogen and oxygen atoms in total. The van der Waals surface area contributed by atoms with Crippen LogP contribution in [0.1, 0.15) is 27.6 Å². The molecule has 0 aliphatic heterocycles. The zero-order valence-electron chi connectivity index (χ0n) is 8.73. The first-order chi connectivity index (χ1) is 8.42. The van der Waals surface area contributed by atoms with E-state index in [4.69, 9.17) is 10.4 Å². The molecule has 0 spiro atoms. The molecule has 0 bridgehead atoms. The second kappa shape index (κ2) is 5.03. The minimum atomic E-state index is -2.14. The Labute approximate surface area is 99.8 Å². The maximum atomic E-state index is 10.7. The fourth-order valence-corrected chi connectivity index (χ4v) is 1.33. The topological polar surface area (TPSA) is 142 Å². The zero-order chi connectivity index (χ0) is 13.9. The average molecular weight is 250 g/mol. The second-order valence-corrected chi connectivity index (χ2v) is 3.23. The van der Waals surface area contributed by atoms with Gasteiger partial charge in [-0.2, -0.15) is 5.26 Å². The minimum absolute atomic E-state index is 0.224. The molecular weight excluding hydrogens is 244 g/mol. The van der Waals surface area contributed by atoms with E-state index < -0.39 is 28.2 Å². The first-order valence-electron chi connectivity index (χ1n) is 4.50. The Morgan fingerprint density at radius 1 is 1.56 bits per heavy atom. The highest BCUT2D eigenvalue weighted by atomic mass is 16.6. The number of nitro groups is 1. The molecule has 0 aliphatic carbocycles. The number of benzene rings is 1. The van der Waals surface area contributed by atoms with Crippen molar-refractivity contribution in [3.05, 3.63) is 38.9 Å². The van der Waals surface area contributed by atoms with Gasteiger partial charge in [0.05, 0.1) is 16.1 Å². The Hall–Kier alpha value is -2.79. The maximum Gasteiger partial charge on any atom is 0.337 e. The lowest BCUT2D eigenvalue weighted by molar-refractivity contribution is -0.386. The third-order valence-electron chi connectivity index (χ3n) is 2.17. The lowest BCUT2D eigenvalue weighted by Crippen LogP contribution is -2.13. The summed E-state index contributed by atoms with van der Waals surface area (Å²) in [5.41, 5.74) is -1.77. The summed E-state index contributed by atoms with van der Waals surface area (Å²) in [4.78, 5) is 31.1. The number of aliphatic carboxylic acids is 1. The summed E-state index contributed by atoms with van der Waals surface area (Å²) >= 11 is 0. The lowest BCUT2D eigenvalue weighted by Gasteiger charge is -2.08. The summed E-state index contributed by atoms with van der Waals surface area (Å²) in [7, 11) is 0. The molecule has 1 aromatic rings. The second-order valence-electron chi connectivity index (χ2n) is 3.23. The van der Waals surface area contributed by atoms with Crippen molar-refractivity contribution >= 4 is 17.9 Å². The van der Waals surface area contributed by atoms with E-state index in [1.54, 1.807) is 6.07 Å². The normalized spacial score (nSPS) is 11.3. The minimum Gasteiger partial charge on any atom is -0.479 e. The number of aliphatic hydroxyl groups excluding tert-OH is 1. The van der Waals surface area contributed by atoms with Crippen LogP contribution in [-0.2, 0) is 4.79 Å². The quantitative estimate of drug-likeness (QED) is 0.447. The van der Waals surface area contributed by atoms with Crippen molar-refractivity contribution < 1.29 is 24.7 Å². The van der Waals surface area contributed by atoms with Gasteiger partial charge >= 0.3 is 5.97 Å². The van der Waals surface area contributed by atoms with E-state index in [2.05, 4.69) is 0 Å². The summed E-state index contributed by atoms with van der Waals surface area (Å²) in [5.74, 6) is -1.69. The van der Waals surface area contributed by atoms with Crippen LogP contribution in [0, 0.1) is 21.4 Å². The van der Waals surface area contributed by atoms with Gasteiger partial charge in [-0.05, 0) is 6.07 Å². The molecule has 0 saturated carbocycles. The van der Waals surface area contributed by atoms with Crippen molar-refractivity contribution in [3.63, 3.8) is 0 Å². The third-order valence-corrected chi connectivity index (χ3v) is 2.17. The fourth-order valence-electron chi connectivity index (χ4n) is 1.33. The molecule has 0 aromatic heterocycles. The molecule has 0 radical (unpaired) electrons. The highest BCUT2D eigenvalue weighted by molar-refractivity contribution is 5.83. The van der Waals surface area contributed by atoms with Gasteiger partial charge < -0.3 is 10.2 Å². The maximum absolute atomic E-state index is 10.7. The van der Waals surface area contributed by atoms with Crippen LogP contribution < -0.4 is 0 Å². The van der Waals surface area contributed by atoms with Crippen LogP contribution in [0.25, 0.3) is 0 Å². The van der Waals surface area contributed by atoms with Gasteiger partial charge in [0.2, 0.25) is 0 Å². The lowest BCUT2D eigenvalue weighted by atomic mass is 10.00. The smallest absolute Gasteiger partial charge is 0.337 e. The summed E-state index contributed by atoms with van der Waals surface area (Å²) in [6.07, 6.45) is -1.89. The number of carbonyl (C=O) groups is 2. The van der Waals surface area contributed by atoms with E-state index >= 15 is 0 Å². The number of aldehydes is 1. The first-order valence-corrected chi connectivity index (χ1v) is 4.50. The number of aliphatic hydroxyl groups is 1. The molecule has 1 rings (SSSR count). The highest BCUT2D eigenvalue weighted by Crippen LogP contribution is 2.28. The summed E-state index contributed by atoms with van der Waals surface area (Å²) < 4.78 is 0. The Kier molecular flexibility index (Phi) is 3.71. The van der Waals surface area contributed by atoms with Gasteiger partial charge in [-0.15, -0.1) is 0 Å². The van der Waals surface area contributed by atoms with Crippen molar-refractivity contribution in [2.24, 2.45) is 0 Å². The van der Waals surface area contributed by atoms with Gasteiger partial charge in [0.25, 0.3) is 5.69 Å². The number of carbonyl (C=O) groups excluding carboxylic acids is 1. The molecule has 18 heavy (non-hydrogen) atoms. The molecule has 0 fully saturated rings. The Morgan fingerprint density at radius 3 is 2.56 bits per heavy atom. The van der Waals surface area contributed by atoms with E-state index in [9.17, 15) is 24.8 Å². The predicted molar refractivity (Wildman–Crippen MR) is 55.8 cm³/mol. The molecule has 0 amide bonds. The average Bonchev–Trinajstić information content (AvgIpc) is 2.35. The van der Waals surface area contributed by atoms with Gasteiger partial charge in [0.15, 0.2) is 12.4 Å². The van der Waals surface area contributed by atoms with E-state index in [-0.39, 0.29) is 17.4 Å². The molecule has 1 aromatic carbocycles. The number of hydrogen-bond acceptors (Lipinski definition) is 6. The molecule has 8 heteroatoms. The van der Waals surface area contributed by atoms with Crippen molar-refractivity contribution in [3.8, 4) is 6.07 Å². The van der Waals surface area contributed by atoms with E-state index in [0.717, 1.165) is 12.1 Å². The number of nitro benzene ring substituents is 1. The van der Waals surface area contributed by atoms with Crippen molar-refractivity contribution in [1.29, 1.82) is 5.26 Å². The molecule has 0 saturated heterocycles. The van der Waals surface area contributed by atoms with Crippen molar-refractivity contribution in [1.82, 2.24) is 0 Å². The Morgan fingerprint density at radius 2 is 2.17 bits per heavy atom. The molecule has 92 valence electrons. The van der Waals surface area contributed by atoms with Crippen LogP contribution >= 0.6 is 0 Å². The van der Waals surface area contributed by atoms with Crippen LogP contribution in [0.5, 0.6) is 0 Å². The summed E-state index contributed by atoms with van der Waals surface area (Å²) in [6.45, 7) is 0. The van der Waals surface area contributed by atoms with E-state index in [0.29, 0.717) is 0 Å². The van der Waals surface area contributed by atoms with E-state index in [1.165, 1.54) is 0 Å². The van der Waals surface area contributed by atoms with Crippen LogP contribution in [-0.4, -0.2) is 27.4 Å². The predicted octanol–water partition coefficient (Wildman–Crippen LogP) is 0.397. The molecule has 1 atom stereocenters. The van der Waals surface area contributed by atoms with Crippen LogP contribution in [0.3, 0.4) is 0 Å². The van der Waals surface area contributed by atoms with Crippen LogP contribution in [0.2, 0.25) is 0 Å². The number of rotatable bonds is 4. The SMILES string of the molecule is N#Cc1cc([N+](=O)[O-])c(C(O)C(=O)O)cc1C=O. The Balaban J connectivity index is 3.58. The largest absolute Gasteiger partial charge is 0.479 e. The third kappa shape index (κ3) is 2.31. The first kappa shape index (κ1) is 13.3. The number of nitrogens with zero attached hydrogens (tertiary/aromatic N) is 2. The van der Waals surface area contributed by atoms with Gasteiger partial charge in [0.1, 0.15) is 6.07 Å². The van der Waals surface area contributed by atoms with Crippen LogP contribution in [0.4, 0.5) is 5.69 Å². The monoisotopic (exact) mass is 250 g/mol. The molecule has 0 heterocycles. The molecule has 1 unspecified atom stereocenters. The zero-order valence-corrected chi connectivity index (χ0v) is 8.73. The Bertz CT molecular complexity index is 574. The summed E-state index contributed by atoms with van der Waals surface area (Å²) in [6, 6.07) is 3.15.